The van der Waals surface area contributed by atoms with E-state index in [1.54, 1.807) is 6.20 Å². The van der Waals surface area contributed by atoms with Gasteiger partial charge >= 0.3 is 0 Å². The number of hydrogen-bond acceptors (Lipinski definition) is 14. The molecule has 0 saturated heterocycles. The topological polar surface area (TPSA) is 100 Å². The number of aromatic nitrogens is 7. The van der Waals surface area contributed by atoms with Gasteiger partial charge in [0, 0.05) is 219 Å². The molecule has 1 saturated carbocycles. The minimum Gasteiger partial charge on any atom is -0.481 e. The van der Waals surface area contributed by atoms with Gasteiger partial charge in [-0.2, -0.15) is 9.13 Å². The van der Waals surface area contributed by atoms with Crippen molar-refractivity contribution in [2.24, 2.45) is 0 Å². The molecule has 1 aliphatic carbocycles. The van der Waals surface area contributed by atoms with E-state index in [9.17, 15) is 4.79 Å². The van der Waals surface area contributed by atoms with Crippen LogP contribution in [0.15, 0.2) is 244 Å². The summed E-state index contributed by atoms with van der Waals surface area (Å²) < 4.78 is 13.9. The second-order valence-corrected chi connectivity index (χ2v) is 39.1. The first-order valence-electron chi connectivity index (χ1n) is 38.9. The highest BCUT2D eigenvalue weighted by molar-refractivity contribution is 9.09. The van der Waals surface area contributed by atoms with Crippen LogP contribution < -0.4 is 42.1 Å². The Morgan fingerprint density at radius 1 is 0.356 bits per heavy atom. The highest BCUT2D eigenvalue weighted by atomic mass is 79.9. The first kappa shape index (κ1) is 111. The molecule has 1 N–H and O–H groups in total. The predicted molar refractivity (Wildman–Crippen MR) is 548 cm³/mol. The molecule has 11 rings (SSSR count). The Balaban J connectivity index is 0.000000755. The van der Waals surface area contributed by atoms with Gasteiger partial charge in [0.15, 0.2) is 99.2 Å². The zero-order valence-electron chi connectivity index (χ0n) is 70.8. The number of hydrogen-bond donors (Lipinski definition) is 1. The summed E-state index contributed by atoms with van der Waals surface area (Å²) >= 11 is 6.71. The van der Waals surface area contributed by atoms with Crippen molar-refractivity contribution in [2.45, 2.75) is 113 Å². The second kappa shape index (κ2) is 71.4. The zero-order valence-corrected chi connectivity index (χ0v) is 85.7. The number of rotatable bonds is 34. The van der Waals surface area contributed by atoms with Crippen molar-refractivity contribution in [1.29, 1.82) is 0 Å². The van der Waals surface area contributed by atoms with Crippen molar-refractivity contribution in [2.75, 3.05) is 114 Å². The average Bonchev–Trinajstić information content (AvgIpc) is 0.877. The highest BCUT2D eigenvalue weighted by Gasteiger charge is 2.12. The van der Waals surface area contributed by atoms with E-state index in [0.29, 0.717) is 0 Å². The number of carboxylic acid groups (broad SMARTS) is 1. The fourth-order valence-electron chi connectivity index (χ4n) is 10.6. The average molecular weight is 2080 g/mol. The molecule has 0 bridgehead atoms. The lowest BCUT2D eigenvalue weighted by molar-refractivity contribution is -0.698. The standard InChI is InChI=1S/C34H40N4S2.2C16H22N2S2.C9H11NO.C6H7N.C5H10.C4H8Br2S2.C2H4O2.3BrH/c1-35(2)31-17-11-29(12-18-31)15-21-33-9-5-7-23-37(33)25-27-39-40-28-26-38-24-8-6-10-34(38)22-16-30-13-19-32(20-14-30)36(3)4;2*1-15-7-3-5-9-17(15)11-13-19-20-14-12-18-10-6-4-8-16(18)2;1-10(2)9-5-3-8(7-11)4-6-9;1-6-4-2-3-5-7-6;1-2-4-5-3-1;5-1-3-7-8-4-2-6;1-2(3)4;;;/h5-24H,25-28H2,1-4H3;2*3-10H,11-14H2,1-2H3;3-7H,1-2H3;2-5H,1H3;1-5H2;1-4H2;1H3,(H,3,4);3*1H/q3*+2;;;;;;;;. The smallest absolute Gasteiger partial charge is 0.300 e. The van der Waals surface area contributed by atoms with Crippen LogP contribution >= 0.6 is 169 Å². The molecule has 7 aromatic heterocycles. The van der Waals surface area contributed by atoms with E-state index >= 15 is 0 Å². The van der Waals surface area contributed by atoms with Crippen LogP contribution in [0, 0.1) is 34.6 Å². The van der Waals surface area contributed by atoms with Gasteiger partial charge in [-0.25, -0.2) is 18.3 Å². The number of carboxylic acids is 1. The number of alkyl halides is 2. The summed E-state index contributed by atoms with van der Waals surface area (Å²) in [5, 5.41) is 9.62. The molecular formula is C92H127Br5N10O3S8+6. The van der Waals surface area contributed by atoms with E-state index in [4.69, 9.17) is 9.90 Å². The summed E-state index contributed by atoms with van der Waals surface area (Å²) in [7, 11) is 27.8. The van der Waals surface area contributed by atoms with Gasteiger partial charge in [0.05, 0.1) is 34.5 Å². The third-order valence-electron chi connectivity index (χ3n) is 17.1. The van der Waals surface area contributed by atoms with Crippen LogP contribution in [0.1, 0.15) is 100 Å². The van der Waals surface area contributed by atoms with Crippen LogP contribution in [0.4, 0.5) is 17.1 Å². The molecule has 0 spiro atoms. The summed E-state index contributed by atoms with van der Waals surface area (Å²) in [4.78, 5) is 29.5. The van der Waals surface area contributed by atoms with E-state index in [0.717, 1.165) is 115 Å². The molecule has 0 aliphatic heterocycles. The lowest BCUT2D eigenvalue weighted by Gasteiger charge is -2.11. The number of anilines is 3. The number of halogens is 5. The largest absolute Gasteiger partial charge is 0.481 e. The number of pyridine rings is 7. The Morgan fingerprint density at radius 3 is 0.831 bits per heavy atom. The molecule has 13 nitrogen and oxygen atoms in total. The lowest BCUT2D eigenvalue weighted by atomic mass is 10.1. The molecule has 0 radical (unpaired) electrons. The van der Waals surface area contributed by atoms with Crippen molar-refractivity contribution in [3.05, 3.63) is 300 Å². The number of benzene rings is 3. The van der Waals surface area contributed by atoms with Crippen LogP contribution in [-0.2, 0) is 44.1 Å². The van der Waals surface area contributed by atoms with E-state index in [2.05, 4.69) is 349 Å². The van der Waals surface area contributed by atoms with E-state index in [1.165, 1.54) is 100 Å². The van der Waals surface area contributed by atoms with Gasteiger partial charge in [0.2, 0.25) is 11.4 Å². The van der Waals surface area contributed by atoms with Crippen molar-refractivity contribution in [1.82, 2.24) is 4.98 Å². The maximum atomic E-state index is 10.3. The molecule has 1 fully saturated rings. The predicted octanol–water partition coefficient (Wildman–Crippen LogP) is 22.6. The maximum absolute atomic E-state index is 10.3. The highest BCUT2D eigenvalue weighted by Crippen LogP contribution is 2.24. The number of carbonyl (C=O) groups excluding carboxylic acids is 1. The molecule has 0 amide bonds. The van der Waals surface area contributed by atoms with Gasteiger partial charge in [-0.05, 0) is 103 Å². The van der Waals surface area contributed by atoms with Gasteiger partial charge in [-0.3, -0.25) is 14.6 Å². The summed E-state index contributed by atoms with van der Waals surface area (Å²) in [6.45, 7) is 18.0. The van der Waals surface area contributed by atoms with Crippen molar-refractivity contribution in [3.63, 3.8) is 0 Å². The quantitative estimate of drug-likeness (QED) is 0.0136. The molecule has 118 heavy (non-hydrogen) atoms. The van der Waals surface area contributed by atoms with Crippen molar-refractivity contribution >= 4 is 223 Å². The van der Waals surface area contributed by atoms with E-state index in [1.807, 2.05) is 155 Å². The number of carbonyl (C=O) groups is 2. The van der Waals surface area contributed by atoms with Crippen LogP contribution in [0.5, 0.6) is 0 Å². The SMILES string of the molecule is Br.Br.Br.BrCCSSCCBr.C1CCCC1.CC(=O)O.CN(C)c1ccc(/C=C/c2cccc[n+]2CCSSCC[n+]2ccccc2/C=C/c2ccc(N(C)C)cc2)cc1.CN(C)c1ccc(C=O)cc1.Cc1cccc[n+]1CCSSCC[n+]1ccccc1C.Cc1cccc[n+]1CCSSCC[n+]1ccccc1C.Cc1ccccn1. The Labute approximate surface area is 788 Å². The fraction of sp³-hybridized carbons (Fsp3) is 0.359. The third kappa shape index (κ3) is 52.4. The summed E-state index contributed by atoms with van der Waals surface area (Å²) in [6.07, 6.45) is 31.9. The van der Waals surface area contributed by atoms with Crippen molar-refractivity contribution in [3.8, 4) is 0 Å². The van der Waals surface area contributed by atoms with Gasteiger partial charge in [0.1, 0.15) is 6.29 Å². The number of aldehydes is 1. The molecular weight excluding hydrogens is 1950 g/mol. The molecule has 7 heterocycles. The monoisotopic (exact) mass is 2070 g/mol. The van der Waals surface area contributed by atoms with Crippen molar-refractivity contribution < 1.29 is 42.1 Å². The van der Waals surface area contributed by atoms with E-state index < -0.39 is 5.97 Å². The lowest BCUT2D eigenvalue weighted by Crippen LogP contribution is -2.38. The summed E-state index contributed by atoms with van der Waals surface area (Å²) in [5.74, 6) is 8.31. The van der Waals surface area contributed by atoms with E-state index in [-0.39, 0.29) is 50.9 Å². The fourth-order valence-corrected chi connectivity index (χ4v) is 20.2. The Kier molecular flexibility index (Phi) is 67.1. The Hall–Kier alpha value is -5.07. The normalized spacial score (nSPS) is 10.8. The first-order valence-corrected chi connectivity index (χ1v) is 51.1. The number of nitrogens with zero attached hydrogens (tertiary/aromatic N) is 10. The van der Waals surface area contributed by atoms with Gasteiger partial charge in [0.25, 0.3) is 5.97 Å². The van der Waals surface area contributed by atoms with Gasteiger partial charge in [-0.1, -0.05) is 205 Å². The Bertz CT molecular complexity index is 3950. The summed E-state index contributed by atoms with van der Waals surface area (Å²) in [6, 6.07) is 68.8. The minimum absolute atomic E-state index is 0. The molecule has 26 heteroatoms. The molecule has 10 aromatic rings. The second-order valence-electron chi connectivity index (χ2n) is 26.7. The van der Waals surface area contributed by atoms with Crippen LogP contribution in [-0.4, -0.2) is 121 Å². The minimum atomic E-state index is -0.833. The molecule has 0 atom stereocenters. The number of aliphatic carboxylic acids is 1. The Morgan fingerprint density at radius 2 is 0.602 bits per heavy atom. The zero-order chi connectivity index (χ0) is 83.3. The maximum Gasteiger partial charge on any atom is 0.300 e. The molecule has 0 unspecified atom stereocenters. The molecule has 640 valence electrons. The van der Waals surface area contributed by atoms with Crippen LogP contribution in [0.3, 0.4) is 0 Å². The van der Waals surface area contributed by atoms with Crippen LogP contribution in [0.2, 0.25) is 0 Å². The number of aryl methyl sites for hydroxylation is 11. The third-order valence-corrected chi connectivity index (χ3v) is 28.4. The molecule has 3 aromatic carbocycles. The van der Waals surface area contributed by atoms with Gasteiger partial charge in [-0.15, -0.1) is 50.9 Å². The summed E-state index contributed by atoms with van der Waals surface area (Å²) in [5.41, 5.74) is 15.5. The van der Waals surface area contributed by atoms with Crippen LogP contribution in [0.25, 0.3) is 24.3 Å². The first-order chi connectivity index (χ1) is 55.8. The van der Waals surface area contributed by atoms with Gasteiger partial charge < -0.3 is 19.8 Å². The molecule has 1 aliphatic rings.